The molecule has 0 saturated carbocycles. The molecule has 0 radical (unpaired) electrons. The van der Waals surface area contributed by atoms with Crippen LogP contribution < -0.4 is 5.32 Å². The van der Waals surface area contributed by atoms with Crippen molar-refractivity contribution in [1.29, 1.82) is 0 Å². The van der Waals surface area contributed by atoms with Crippen LogP contribution in [0.25, 0.3) is 0 Å². The number of nitrogens with zero attached hydrogens (tertiary/aromatic N) is 1. The van der Waals surface area contributed by atoms with E-state index in [0.29, 0.717) is 19.0 Å². The monoisotopic (exact) mass is 356 g/mol. The molecule has 1 saturated heterocycles. The molecule has 0 aliphatic carbocycles. The zero-order valence-electron chi connectivity index (χ0n) is 11.7. The van der Waals surface area contributed by atoms with Gasteiger partial charge in [0.1, 0.15) is 10.7 Å². The molecule has 1 heterocycles. The van der Waals surface area contributed by atoms with E-state index in [1.807, 2.05) is 7.05 Å². The van der Waals surface area contributed by atoms with Crippen LogP contribution in [-0.4, -0.2) is 39.4 Å². The minimum atomic E-state index is -3.71. The summed E-state index contributed by atoms with van der Waals surface area (Å²) in [6.45, 7) is 1.78. The van der Waals surface area contributed by atoms with Gasteiger partial charge < -0.3 is 5.32 Å². The van der Waals surface area contributed by atoms with Gasteiger partial charge in [-0.2, -0.15) is 4.31 Å². The van der Waals surface area contributed by atoms with Gasteiger partial charge in [-0.25, -0.2) is 12.8 Å². The minimum absolute atomic E-state index is 0. The number of sulfonamides is 1. The van der Waals surface area contributed by atoms with E-state index in [-0.39, 0.29) is 22.3 Å². The molecule has 0 spiro atoms. The van der Waals surface area contributed by atoms with Gasteiger partial charge in [0.25, 0.3) is 0 Å². The third-order valence-electron chi connectivity index (χ3n) is 3.58. The van der Waals surface area contributed by atoms with E-state index >= 15 is 0 Å². The van der Waals surface area contributed by atoms with Crippen LogP contribution in [0.1, 0.15) is 12.8 Å². The SMILES string of the molecule is CNCC1CCN(S(=O)(=O)c2cc(F)ccc2Cl)CC1.Cl. The van der Waals surface area contributed by atoms with E-state index in [2.05, 4.69) is 5.32 Å². The first kappa shape index (κ1) is 18.6. The van der Waals surface area contributed by atoms with Gasteiger partial charge in [-0.05, 0) is 50.6 Å². The molecule has 21 heavy (non-hydrogen) atoms. The number of rotatable bonds is 4. The van der Waals surface area contributed by atoms with Crippen LogP contribution in [0.15, 0.2) is 23.1 Å². The van der Waals surface area contributed by atoms with Crippen molar-refractivity contribution in [1.82, 2.24) is 9.62 Å². The summed E-state index contributed by atoms with van der Waals surface area (Å²) in [5, 5.41) is 3.16. The second kappa shape index (κ2) is 7.74. The van der Waals surface area contributed by atoms with Crippen molar-refractivity contribution in [3.8, 4) is 0 Å². The lowest BCUT2D eigenvalue weighted by molar-refractivity contribution is 0.270. The maximum absolute atomic E-state index is 13.3. The van der Waals surface area contributed by atoms with E-state index in [1.165, 1.54) is 10.4 Å². The molecule has 1 aliphatic heterocycles. The largest absolute Gasteiger partial charge is 0.319 e. The summed E-state index contributed by atoms with van der Waals surface area (Å²) in [6.07, 6.45) is 1.60. The van der Waals surface area contributed by atoms with Gasteiger partial charge in [-0.3, -0.25) is 0 Å². The number of hydrogen-bond donors (Lipinski definition) is 1. The molecule has 0 aromatic heterocycles. The van der Waals surface area contributed by atoms with Crippen molar-refractivity contribution in [2.45, 2.75) is 17.7 Å². The standard InChI is InChI=1S/C13H18ClFN2O2S.ClH/c1-16-9-10-4-6-17(7-5-10)20(18,19)13-8-11(15)2-3-12(13)14;/h2-3,8,10,16H,4-7,9H2,1H3;1H. The molecule has 0 bridgehead atoms. The number of halogens is 3. The Hall–Kier alpha value is -0.400. The summed E-state index contributed by atoms with van der Waals surface area (Å²) in [5.74, 6) is -0.118. The van der Waals surface area contributed by atoms with Crippen LogP contribution in [0.4, 0.5) is 4.39 Å². The van der Waals surface area contributed by atoms with Gasteiger partial charge in [-0.15, -0.1) is 12.4 Å². The maximum atomic E-state index is 13.3. The minimum Gasteiger partial charge on any atom is -0.319 e. The van der Waals surface area contributed by atoms with Crippen molar-refractivity contribution in [3.05, 3.63) is 29.0 Å². The zero-order valence-corrected chi connectivity index (χ0v) is 14.1. The molecule has 120 valence electrons. The summed E-state index contributed by atoms with van der Waals surface area (Å²) in [7, 11) is -1.83. The lowest BCUT2D eigenvalue weighted by Crippen LogP contribution is -2.40. The lowest BCUT2D eigenvalue weighted by atomic mass is 9.98. The van der Waals surface area contributed by atoms with E-state index in [9.17, 15) is 12.8 Å². The summed E-state index contributed by atoms with van der Waals surface area (Å²) >= 11 is 5.90. The Balaban J connectivity index is 0.00000220. The molecule has 1 N–H and O–H groups in total. The molecule has 0 atom stereocenters. The fourth-order valence-electron chi connectivity index (χ4n) is 2.46. The highest BCUT2D eigenvalue weighted by atomic mass is 35.5. The number of hydrogen-bond acceptors (Lipinski definition) is 3. The highest BCUT2D eigenvalue weighted by molar-refractivity contribution is 7.89. The van der Waals surface area contributed by atoms with Crippen LogP contribution in [0.5, 0.6) is 0 Å². The molecule has 0 amide bonds. The predicted molar refractivity (Wildman–Crippen MR) is 84.1 cm³/mol. The number of piperidine rings is 1. The van der Waals surface area contributed by atoms with Gasteiger partial charge >= 0.3 is 0 Å². The van der Waals surface area contributed by atoms with Crippen molar-refractivity contribution in [2.24, 2.45) is 5.92 Å². The zero-order chi connectivity index (χ0) is 14.8. The molecular formula is C13H19Cl2FN2O2S. The predicted octanol–water partition coefficient (Wildman–Crippen LogP) is 2.52. The fourth-order valence-corrected chi connectivity index (χ4v) is 4.41. The Bertz CT molecular complexity index is 576. The van der Waals surface area contributed by atoms with Gasteiger partial charge in [0.15, 0.2) is 0 Å². The second-order valence-corrected chi connectivity index (χ2v) is 7.29. The first-order valence-electron chi connectivity index (χ1n) is 6.55. The Morgan fingerprint density at radius 3 is 2.57 bits per heavy atom. The molecule has 2 rings (SSSR count). The van der Waals surface area contributed by atoms with Gasteiger partial charge in [0.2, 0.25) is 10.0 Å². The van der Waals surface area contributed by atoms with Crippen LogP contribution in [0.3, 0.4) is 0 Å². The molecule has 1 aliphatic rings. The number of benzene rings is 1. The summed E-state index contributed by atoms with van der Waals surface area (Å²) in [5.41, 5.74) is 0. The highest BCUT2D eigenvalue weighted by Gasteiger charge is 2.30. The maximum Gasteiger partial charge on any atom is 0.244 e. The smallest absolute Gasteiger partial charge is 0.244 e. The van der Waals surface area contributed by atoms with E-state index in [0.717, 1.165) is 31.5 Å². The summed E-state index contributed by atoms with van der Waals surface area (Å²) in [4.78, 5) is -0.147. The van der Waals surface area contributed by atoms with Crippen molar-refractivity contribution in [2.75, 3.05) is 26.7 Å². The van der Waals surface area contributed by atoms with Crippen molar-refractivity contribution in [3.63, 3.8) is 0 Å². The van der Waals surface area contributed by atoms with Gasteiger partial charge in [0.05, 0.1) is 5.02 Å². The van der Waals surface area contributed by atoms with Crippen molar-refractivity contribution >= 4 is 34.0 Å². The van der Waals surface area contributed by atoms with Crippen LogP contribution in [-0.2, 0) is 10.0 Å². The van der Waals surface area contributed by atoms with E-state index in [1.54, 1.807) is 0 Å². The molecule has 1 aromatic rings. The summed E-state index contributed by atoms with van der Waals surface area (Å²) < 4.78 is 39.6. The third kappa shape index (κ3) is 4.29. The highest BCUT2D eigenvalue weighted by Crippen LogP contribution is 2.28. The molecule has 4 nitrogen and oxygen atoms in total. The van der Waals surface area contributed by atoms with Crippen molar-refractivity contribution < 1.29 is 12.8 Å². The number of nitrogens with one attached hydrogen (secondary N) is 1. The molecule has 1 aromatic carbocycles. The van der Waals surface area contributed by atoms with Crippen LogP contribution in [0.2, 0.25) is 5.02 Å². The van der Waals surface area contributed by atoms with Crippen LogP contribution in [0, 0.1) is 11.7 Å². The third-order valence-corrected chi connectivity index (χ3v) is 5.96. The van der Waals surface area contributed by atoms with Crippen LogP contribution >= 0.6 is 24.0 Å². The fraction of sp³-hybridized carbons (Fsp3) is 0.538. The molecule has 0 unspecified atom stereocenters. The molecular weight excluding hydrogens is 338 g/mol. The first-order valence-corrected chi connectivity index (χ1v) is 8.36. The molecule has 8 heteroatoms. The van der Waals surface area contributed by atoms with Gasteiger partial charge in [0, 0.05) is 13.1 Å². The quantitative estimate of drug-likeness (QED) is 0.901. The Morgan fingerprint density at radius 1 is 1.38 bits per heavy atom. The molecule has 1 fully saturated rings. The Kier molecular flexibility index (Phi) is 6.87. The average molecular weight is 357 g/mol. The Labute approximate surface area is 136 Å². The van der Waals surface area contributed by atoms with Gasteiger partial charge in [-0.1, -0.05) is 11.6 Å². The summed E-state index contributed by atoms with van der Waals surface area (Å²) in [6, 6.07) is 3.41. The Morgan fingerprint density at radius 2 is 2.00 bits per heavy atom. The van der Waals surface area contributed by atoms with E-state index in [4.69, 9.17) is 11.6 Å². The van der Waals surface area contributed by atoms with E-state index < -0.39 is 15.8 Å². The lowest BCUT2D eigenvalue weighted by Gasteiger charge is -2.31. The second-order valence-electron chi connectivity index (χ2n) is 4.98. The topological polar surface area (TPSA) is 49.4 Å². The normalized spacial score (nSPS) is 17.5. The average Bonchev–Trinajstić information content (AvgIpc) is 2.42. The first-order chi connectivity index (χ1) is 9.45.